The van der Waals surface area contributed by atoms with Crippen molar-refractivity contribution in [2.45, 2.75) is 47.1 Å². The van der Waals surface area contributed by atoms with Crippen LogP contribution >= 0.6 is 0 Å². The standard InChI is InChI=1S/C15H26N2O/c1-9(2)11(4)13(16)7-14-12(5)15(18-6)10(3)8-17-14/h8-9,11,13H,7,16H2,1-6H3. The van der Waals surface area contributed by atoms with Gasteiger partial charge in [0.05, 0.1) is 7.11 Å². The molecule has 3 nitrogen and oxygen atoms in total. The van der Waals surface area contributed by atoms with Crippen LogP contribution in [0.2, 0.25) is 0 Å². The van der Waals surface area contributed by atoms with E-state index >= 15 is 0 Å². The van der Waals surface area contributed by atoms with Gasteiger partial charge in [0.15, 0.2) is 0 Å². The number of hydrogen-bond acceptors (Lipinski definition) is 3. The fraction of sp³-hybridized carbons (Fsp3) is 0.667. The molecule has 0 saturated heterocycles. The summed E-state index contributed by atoms with van der Waals surface area (Å²) in [6.45, 7) is 10.7. The Morgan fingerprint density at radius 3 is 2.39 bits per heavy atom. The Balaban J connectivity index is 2.92. The minimum Gasteiger partial charge on any atom is -0.496 e. The number of nitrogens with two attached hydrogens (primary N) is 1. The van der Waals surface area contributed by atoms with Gasteiger partial charge in [-0.2, -0.15) is 0 Å². The first-order chi connectivity index (χ1) is 8.38. The monoisotopic (exact) mass is 250 g/mol. The van der Waals surface area contributed by atoms with Crippen molar-refractivity contribution in [3.05, 3.63) is 23.0 Å². The maximum Gasteiger partial charge on any atom is 0.128 e. The van der Waals surface area contributed by atoms with E-state index in [1.807, 2.05) is 13.1 Å². The number of ether oxygens (including phenoxy) is 1. The molecule has 1 aromatic heterocycles. The molecular formula is C15H26N2O. The quantitative estimate of drug-likeness (QED) is 0.874. The number of rotatable bonds is 5. The normalized spacial score (nSPS) is 14.7. The van der Waals surface area contributed by atoms with Crippen LogP contribution in [0.15, 0.2) is 6.20 Å². The van der Waals surface area contributed by atoms with Gasteiger partial charge in [-0.15, -0.1) is 0 Å². The second-order valence-electron chi connectivity index (χ2n) is 5.52. The molecule has 2 N–H and O–H groups in total. The number of hydrogen-bond donors (Lipinski definition) is 1. The van der Waals surface area contributed by atoms with E-state index in [-0.39, 0.29) is 6.04 Å². The summed E-state index contributed by atoms with van der Waals surface area (Å²) in [6.07, 6.45) is 2.68. The minimum absolute atomic E-state index is 0.142. The van der Waals surface area contributed by atoms with Crippen molar-refractivity contribution < 1.29 is 4.74 Å². The van der Waals surface area contributed by atoms with Gasteiger partial charge >= 0.3 is 0 Å². The van der Waals surface area contributed by atoms with Gasteiger partial charge in [-0.1, -0.05) is 20.8 Å². The van der Waals surface area contributed by atoms with Crippen molar-refractivity contribution in [1.29, 1.82) is 0 Å². The highest BCUT2D eigenvalue weighted by Crippen LogP contribution is 2.26. The summed E-state index contributed by atoms with van der Waals surface area (Å²) in [6, 6.07) is 0.142. The Morgan fingerprint density at radius 2 is 1.89 bits per heavy atom. The van der Waals surface area contributed by atoms with Crippen molar-refractivity contribution >= 4 is 0 Å². The fourth-order valence-electron chi connectivity index (χ4n) is 2.18. The van der Waals surface area contributed by atoms with E-state index in [2.05, 4.69) is 32.7 Å². The van der Waals surface area contributed by atoms with Crippen molar-refractivity contribution in [1.82, 2.24) is 4.98 Å². The molecule has 2 atom stereocenters. The van der Waals surface area contributed by atoms with Crippen LogP contribution in [0, 0.1) is 25.7 Å². The molecule has 0 bridgehead atoms. The second kappa shape index (κ2) is 6.19. The van der Waals surface area contributed by atoms with E-state index in [4.69, 9.17) is 10.5 Å². The summed E-state index contributed by atoms with van der Waals surface area (Å²) >= 11 is 0. The Morgan fingerprint density at radius 1 is 1.28 bits per heavy atom. The first-order valence-corrected chi connectivity index (χ1v) is 6.63. The summed E-state index contributed by atoms with van der Waals surface area (Å²) in [4.78, 5) is 4.51. The molecule has 102 valence electrons. The smallest absolute Gasteiger partial charge is 0.128 e. The second-order valence-corrected chi connectivity index (χ2v) is 5.52. The highest BCUT2D eigenvalue weighted by molar-refractivity contribution is 5.41. The molecule has 0 radical (unpaired) electrons. The third-order valence-electron chi connectivity index (χ3n) is 3.91. The molecule has 0 fully saturated rings. The lowest BCUT2D eigenvalue weighted by atomic mass is 9.87. The molecule has 0 aromatic carbocycles. The molecule has 0 saturated carbocycles. The summed E-state index contributed by atoms with van der Waals surface area (Å²) in [7, 11) is 1.70. The molecule has 18 heavy (non-hydrogen) atoms. The molecule has 2 unspecified atom stereocenters. The first kappa shape index (κ1) is 15.0. The molecule has 1 heterocycles. The fourth-order valence-corrected chi connectivity index (χ4v) is 2.18. The van der Waals surface area contributed by atoms with Crippen LogP contribution in [0.5, 0.6) is 5.75 Å². The minimum atomic E-state index is 0.142. The van der Waals surface area contributed by atoms with Crippen molar-refractivity contribution in [3.8, 4) is 5.75 Å². The predicted molar refractivity (Wildman–Crippen MR) is 75.9 cm³/mol. The number of aromatic nitrogens is 1. The molecule has 1 aromatic rings. The third kappa shape index (κ3) is 3.22. The lowest BCUT2D eigenvalue weighted by molar-refractivity contribution is 0.342. The van der Waals surface area contributed by atoms with Gasteiger partial charge in [0, 0.05) is 35.5 Å². The zero-order valence-electron chi connectivity index (χ0n) is 12.4. The number of nitrogens with zero attached hydrogens (tertiary/aromatic N) is 1. The molecule has 0 aliphatic rings. The third-order valence-corrected chi connectivity index (χ3v) is 3.91. The zero-order valence-corrected chi connectivity index (χ0v) is 12.4. The summed E-state index contributed by atoms with van der Waals surface area (Å²) in [5.41, 5.74) is 9.51. The van der Waals surface area contributed by atoms with Gasteiger partial charge in [0.2, 0.25) is 0 Å². The van der Waals surface area contributed by atoms with Crippen LogP contribution in [0.4, 0.5) is 0 Å². The van der Waals surface area contributed by atoms with Gasteiger partial charge in [0.25, 0.3) is 0 Å². The van der Waals surface area contributed by atoms with Crippen LogP contribution < -0.4 is 10.5 Å². The lowest BCUT2D eigenvalue weighted by Crippen LogP contribution is -2.34. The molecule has 1 rings (SSSR count). The van der Waals surface area contributed by atoms with Crippen LogP contribution in [-0.2, 0) is 6.42 Å². The van der Waals surface area contributed by atoms with Crippen molar-refractivity contribution in [2.75, 3.05) is 7.11 Å². The SMILES string of the molecule is COc1c(C)cnc(CC(N)C(C)C(C)C)c1C. The summed E-state index contributed by atoms with van der Waals surface area (Å²) < 4.78 is 5.43. The maximum absolute atomic E-state index is 6.27. The van der Waals surface area contributed by atoms with Crippen LogP contribution in [-0.4, -0.2) is 18.1 Å². The van der Waals surface area contributed by atoms with Gasteiger partial charge in [-0.3, -0.25) is 4.98 Å². The average molecular weight is 250 g/mol. The Bertz CT molecular complexity index is 402. The van der Waals surface area contributed by atoms with Gasteiger partial charge in [0.1, 0.15) is 5.75 Å². The predicted octanol–water partition coefficient (Wildman–Crippen LogP) is 2.87. The highest BCUT2D eigenvalue weighted by Gasteiger charge is 2.19. The Labute approximate surface area is 111 Å². The van der Waals surface area contributed by atoms with Crippen LogP contribution in [0.25, 0.3) is 0 Å². The molecule has 0 aliphatic carbocycles. The summed E-state index contributed by atoms with van der Waals surface area (Å²) in [5, 5.41) is 0. The molecule has 0 amide bonds. The Kier molecular flexibility index (Phi) is 5.15. The number of aryl methyl sites for hydroxylation is 1. The molecule has 0 spiro atoms. The largest absolute Gasteiger partial charge is 0.496 e. The number of pyridine rings is 1. The summed E-state index contributed by atoms with van der Waals surface area (Å²) in [5.74, 6) is 2.01. The number of methoxy groups -OCH3 is 1. The van der Waals surface area contributed by atoms with E-state index in [0.29, 0.717) is 11.8 Å². The van der Waals surface area contributed by atoms with Gasteiger partial charge in [-0.25, -0.2) is 0 Å². The Hall–Kier alpha value is -1.09. The molecular weight excluding hydrogens is 224 g/mol. The van der Waals surface area contributed by atoms with Crippen LogP contribution in [0.3, 0.4) is 0 Å². The topological polar surface area (TPSA) is 48.1 Å². The van der Waals surface area contributed by atoms with Gasteiger partial charge < -0.3 is 10.5 Å². The highest BCUT2D eigenvalue weighted by atomic mass is 16.5. The van der Waals surface area contributed by atoms with Crippen molar-refractivity contribution in [3.63, 3.8) is 0 Å². The maximum atomic E-state index is 6.27. The van der Waals surface area contributed by atoms with E-state index < -0.39 is 0 Å². The van der Waals surface area contributed by atoms with E-state index in [9.17, 15) is 0 Å². The average Bonchev–Trinajstić information content (AvgIpc) is 2.32. The molecule has 3 heteroatoms. The van der Waals surface area contributed by atoms with E-state index in [0.717, 1.165) is 29.0 Å². The molecule has 0 aliphatic heterocycles. The zero-order chi connectivity index (χ0) is 13.9. The van der Waals surface area contributed by atoms with E-state index in [1.165, 1.54) is 0 Å². The first-order valence-electron chi connectivity index (χ1n) is 6.63. The lowest BCUT2D eigenvalue weighted by Gasteiger charge is -2.24. The van der Waals surface area contributed by atoms with E-state index in [1.54, 1.807) is 7.11 Å². The van der Waals surface area contributed by atoms with Gasteiger partial charge in [-0.05, 0) is 25.7 Å². The van der Waals surface area contributed by atoms with Crippen molar-refractivity contribution in [2.24, 2.45) is 17.6 Å². The van der Waals surface area contributed by atoms with Crippen LogP contribution in [0.1, 0.15) is 37.6 Å².